The second-order valence-electron chi connectivity index (χ2n) is 5.63. The molecule has 0 unspecified atom stereocenters. The van der Waals surface area contributed by atoms with E-state index in [4.69, 9.17) is 12.2 Å². The van der Waals surface area contributed by atoms with Crippen molar-refractivity contribution in [1.29, 1.82) is 0 Å². The molecular formula is C17H26N2S. The van der Waals surface area contributed by atoms with Crippen LogP contribution in [0.1, 0.15) is 51.0 Å². The average molecular weight is 290 g/mol. The van der Waals surface area contributed by atoms with Gasteiger partial charge in [-0.2, -0.15) is 0 Å². The highest BCUT2D eigenvalue weighted by atomic mass is 32.1. The summed E-state index contributed by atoms with van der Waals surface area (Å²) in [6.07, 6.45) is 8.89. The zero-order valence-electron chi connectivity index (χ0n) is 12.5. The first kappa shape index (κ1) is 15.3. The van der Waals surface area contributed by atoms with Gasteiger partial charge in [-0.1, -0.05) is 38.3 Å². The molecule has 1 saturated heterocycles. The number of unbranched alkanes of at least 4 members (excludes halogenated alkanes) is 1. The Labute approximate surface area is 128 Å². The number of benzene rings is 1. The van der Waals surface area contributed by atoms with Crippen molar-refractivity contribution in [3.05, 3.63) is 29.8 Å². The van der Waals surface area contributed by atoms with Gasteiger partial charge in [-0.05, 0) is 55.6 Å². The van der Waals surface area contributed by atoms with Crippen LogP contribution in [0, 0.1) is 0 Å². The maximum absolute atomic E-state index is 5.53. The lowest BCUT2D eigenvalue weighted by Crippen LogP contribution is -2.35. The topological polar surface area (TPSA) is 15.3 Å². The fraction of sp³-hybridized carbons (Fsp3) is 0.588. The molecule has 1 fully saturated rings. The van der Waals surface area contributed by atoms with Gasteiger partial charge < -0.3 is 10.2 Å². The third kappa shape index (κ3) is 4.78. The standard InChI is InChI=1S/C17H26N2S/c1-2-3-8-15-9-11-16(12-10-15)18-17(20)19-13-6-4-5-7-14-19/h9-12H,2-8,13-14H2,1H3,(H,18,20). The Hall–Kier alpha value is -1.09. The molecule has 0 spiro atoms. The van der Waals surface area contributed by atoms with Crippen LogP contribution in [0.2, 0.25) is 0 Å². The fourth-order valence-electron chi connectivity index (χ4n) is 2.61. The summed E-state index contributed by atoms with van der Waals surface area (Å²) in [5, 5.41) is 4.26. The summed E-state index contributed by atoms with van der Waals surface area (Å²) in [5.74, 6) is 0. The third-order valence-corrected chi connectivity index (χ3v) is 4.28. The molecule has 0 radical (unpaired) electrons. The lowest BCUT2D eigenvalue weighted by Gasteiger charge is -2.24. The Kier molecular flexibility index (Phi) is 6.31. The summed E-state index contributed by atoms with van der Waals surface area (Å²) in [5.41, 5.74) is 2.53. The molecule has 1 aromatic carbocycles. The van der Waals surface area contributed by atoms with Gasteiger partial charge in [0.2, 0.25) is 0 Å². The Morgan fingerprint density at radius 3 is 2.35 bits per heavy atom. The van der Waals surface area contributed by atoms with Gasteiger partial charge in [-0.25, -0.2) is 0 Å². The van der Waals surface area contributed by atoms with Crippen molar-refractivity contribution in [2.45, 2.75) is 51.9 Å². The summed E-state index contributed by atoms with van der Waals surface area (Å²) in [4.78, 5) is 2.31. The fourth-order valence-corrected chi connectivity index (χ4v) is 2.91. The van der Waals surface area contributed by atoms with E-state index in [1.807, 2.05) is 0 Å². The molecule has 0 aromatic heterocycles. The Morgan fingerprint density at radius 1 is 1.10 bits per heavy atom. The monoisotopic (exact) mass is 290 g/mol. The van der Waals surface area contributed by atoms with Crippen molar-refractivity contribution >= 4 is 23.0 Å². The number of nitrogens with zero attached hydrogens (tertiary/aromatic N) is 1. The molecule has 0 saturated carbocycles. The first-order valence-electron chi connectivity index (χ1n) is 7.94. The molecule has 1 aromatic rings. The van der Waals surface area contributed by atoms with E-state index < -0.39 is 0 Å². The van der Waals surface area contributed by atoms with Crippen molar-refractivity contribution in [3.63, 3.8) is 0 Å². The van der Waals surface area contributed by atoms with E-state index in [2.05, 4.69) is 41.4 Å². The molecule has 2 nitrogen and oxygen atoms in total. The van der Waals surface area contributed by atoms with Crippen LogP contribution in [0.4, 0.5) is 5.69 Å². The van der Waals surface area contributed by atoms with Crippen molar-refractivity contribution in [2.75, 3.05) is 18.4 Å². The number of likely N-dealkylation sites (tertiary alicyclic amines) is 1. The number of hydrogen-bond acceptors (Lipinski definition) is 1. The van der Waals surface area contributed by atoms with Crippen molar-refractivity contribution < 1.29 is 0 Å². The molecule has 1 aliphatic rings. The molecular weight excluding hydrogens is 264 g/mol. The van der Waals surface area contributed by atoms with E-state index in [1.54, 1.807) is 0 Å². The number of anilines is 1. The van der Waals surface area contributed by atoms with E-state index in [1.165, 1.54) is 50.5 Å². The minimum absolute atomic E-state index is 0.883. The van der Waals surface area contributed by atoms with Crippen LogP contribution in [0.25, 0.3) is 0 Å². The molecule has 2 rings (SSSR count). The molecule has 0 bridgehead atoms. The van der Waals surface area contributed by atoms with Gasteiger partial charge in [0.1, 0.15) is 0 Å². The Bertz CT molecular complexity index is 406. The van der Waals surface area contributed by atoms with E-state index in [-0.39, 0.29) is 0 Å². The molecule has 110 valence electrons. The molecule has 0 amide bonds. The first-order chi connectivity index (χ1) is 9.79. The van der Waals surface area contributed by atoms with Gasteiger partial charge >= 0.3 is 0 Å². The number of hydrogen-bond donors (Lipinski definition) is 1. The maximum Gasteiger partial charge on any atom is 0.173 e. The smallest absolute Gasteiger partial charge is 0.173 e. The second kappa shape index (κ2) is 8.25. The number of aryl methyl sites for hydroxylation is 1. The molecule has 0 aliphatic carbocycles. The van der Waals surface area contributed by atoms with Gasteiger partial charge in [0, 0.05) is 18.8 Å². The highest BCUT2D eigenvalue weighted by molar-refractivity contribution is 7.80. The van der Waals surface area contributed by atoms with Crippen LogP contribution >= 0.6 is 12.2 Å². The van der Waals surface area contributed by atoms with E-state index in [9.17, 15) is 0 Å². The molecule has 0 atom stereocenters. The van der Waals surface area contributed by atoms with Crippen LogP contribution in [0.15, 0.2) is 24.3 Å². The lowest BCUT2D eigenvalue weighted by molar-refractivity contribution is 0.441. The molecule has 20 heavy (non-hydrogen) atoms. The summed E-state index contributed by atoms with van der Waals surface area (Å²) in [7, 11) is 0. The quantitative estimate of drug-likeness (QED) is 0.816. The zero-order chi connectivity index (χ0) is 14.2. The van der Waals surface area contributed by atoms with Crippen molar-refractivity contribution in [3.8, 4) is 0 Å². The highest BCUT2D eigenvalue weighted by Gasteiger charge is 2.12. The average Bonchev–Trinajstić information content (AvgIpc) is 2.75. The van der Waals surface area contributed by atoms with Gasteiger partial charge in [0.25, 0.3) is 0 Å². The van der Waals surface area contributed by atoms with Gasteiger partial charge in [-0.3, -0.25) is 0 Å². The lowest BCUT2D eigenvalue weighted by atomic mass is 10.1. The number of nitrogens with one attached hydrogen (secondary N) is 1. The maximum atomic E-state index is 5.53. The summed E-state index contributed by atoms with van der Waals surface area (Å²) < 4.78 is 0. The minimum atomic E-state index is 0.883. The van der Waals surface area contributed by atoms with Crippen LogP contribution in [-0.2, 0) is 6.42 Å². The molecule has 1 heterocycles. The summed E-state index contributed by atoms with van der Waals surface area (Å²) in [6.45, 7) is 4.43. The van der Waals surface area contributed by atoms with Gasteiger partial charge in [0.15, 0.2) is 5.11 Å². The predicted molar refractivity (Wildman–Crippen MR) is 91.3 cm³/mol. The minimum Gasteiger partial charge on any atom is -0.349 e. The Balaban J connectivity index is 1.86. The van der Waals surface area contributed by atoms with Crippen LogP contribution in [0.3, 0.4) is 0 Å². The SMILES string of the molecule is CCCCc1ccc(NC(=S)N2CCCCCC2)cc1. The van der Waals surface area contributed by atoms with E-state index in [0.717, 1.165) is 23.9 Å². The van der Waals surface area contributed by atoms with Crippen LogP contribution in [0.5, 0.6) is 0 Å². The largest absolute Gasteiger partial charge is 0.349 e. The number of thiocarbonyl (C=S) groups is 1. The van der Waals surface area contributed by atoms with Crippen molar-refractivity contribution in [1.82, 2.24) is 4.90 Å². The van der Waals surface area contributed by atoms with Crippen molar-refractivity contribution in [2.24, 2.45) is 0 Å². The van der Waals surface area contributed by atoms with Crippen LogP contribution in [-0.4, -0.2) is 23.1 Å². The van der Waals surface area contributed by atoms with Gasteiger partial charge in [-0.15, -0.1) is 0 Å². The molecule has 3 heteroatoms. The highest BCUT2D eigenvalue weighted by Crippen LogP contribution is 2.15. The molecule has 1 aliphatic heterocycles. The van der Waals surface area contributed by atoms with E-state index in [0.29, 0.717) is 0 Å². The first-order valence-corrected chi connectivity index (χ1v) is 8.35. The van der Waals surface area contributed by atoms with Crippen LogP contribution < -0.4 is 5.32 Å². The predicted octanol–water partition coefficient (Wildman–Crippen LogP) is 4.60. The van der Waals surface area contributed by atoms with Gasteiger partial charge in [0.05, 0.1) is 0 Å². The summed E-state index contributed by atoms with van der Waals surface area (Å²) in [6, 6.07) is 8.72. The third-order valence-electron chi connectivity index (χ3n) is 3.92. The zero-order valence-corrected chi connectivity index (χ0v) is 13.3. The second-order valence-corrected chi connectivity index (χ2v) is 6.02. The summed E-state index contributed by atoms with van der Waals surface area (Å²) >= 11 is 5.53. The Morgan fingerprint density at radius 2 is 1.75 bits per heavy atom. The number of rotatable bonds is 4. The molecule has 1 N–H and O–H groups in total. The van der Waals surface area contributed by atoms with E-state index >= 15 is 0 Å². The normalized spacial score (nSPS) is 15.8.